The van der Waals surface area contributed by atoms with Gasteiger partial charge in [-0.3, -0.25) is 9.20 Å². The number of imidazole rings is 1. The lowest BCUT2D eigenvalue weighted by Crippen LogP contribution is -2.51. The predicted molar refractivity (Wildman–Crippen MR) is 136 cm³/mol. The fraction of sp³-hybridized carbons (Fsp3) is 0.538. The molecule has 38 heavy (non-hydrogen) atoms. The lowest BCUT2D eigenvalue weighted by Gasteiger charge is -2.34. The molecule has 1 amide bonds. The number of nitrogens with one attached hydrogen (secondary N) is 1. The van der Waals surface area contributed by atoms with Gasteiger partial charge in [0.15, 0.2) is 12.4 Å². The smallest absolute Gasteiger partial charge is 0.278 e. The monoisotopic (exact) mass is 555 g/mol. The fourth-order valence-electron chi connectivity index (χ4n) is 4.61. The fourth-order valence-corrected chi connectivity index (χ4v) is 6.34. The molecule has 0 bridgehead atoms. The maximum Gasteiger partial charge on any atom is 0.278 e. The largest absolute Gasteiger partial charge is 0.484 e. The van der Waals surface area contributed by atoms with Gasteiger partial charge in [0.1, 0.15) is 38.5 Å². The van der Waals surface area contributed by atoms with E-state index in [0.717, 1.165) is 6.08 Å². The van der Waals surface area contributed by atoms with E-state index in [0.29, 0.717) is 42.4 Å². The number of aryl methyl sites for hydroxylation is 2. The van der Waals surface area contributed by atoms with Crippen LogP contribution in [0, 0.1) is 19.8 Å². The molecule has 1 unspecified atom stereocenters. The van der Waals surface area contributed by atoms with Crippen LogP contribution in [0.25, 0.3) is 5.65 Å². The highest BCUT2D eigenvalue weighted by molar-refractivity contribution is 7.91. The van der Waals surface area contributed by atoms with Crippen LogP contribution in [0.4, 0.5) is 13.2 Å². The molecule has 1 N–H and O–H groups in total. The van der Waals surface area contributed by atoms with Gasteiger partial charge in [-0.05, 0) is 45.2 Å². The lowest BCUT2D eigenvalue weighted by molar-refractivity contribution is -0.0441. The summed E-state index contributed by atoms with van der Waals surface area (Å²) in [4.78, 5) is 17.5. The van der Waals surface area contributed by atoms with E-state index >= 15 is 0 Å². The zero-order valence-corrected chi connectivity index (χ0v) is 22.8. The van der Waals surface area contributed by atoms with Crippen molar-refractivity contribution >= 4 is 21.4 Å². The molecule has 0 radical (unpaired) electrons. The SMILES string of the molecule is Cc1cc2nc(C(=O)NC3(C)CCS(=O)(=O)CC3)cn2c(C)c1OC1=C(OCC(C)(F)F)C=C(F)CC1C. The van der Waals surface area contributed by atoms with Crippen molar-refractivity contribution < 1.29 is 35.9 Å². The number of amides is 1. The molecule has 1 fully saturated rings. The Morgan fingerprint density at radius 2 is 1.95 bits per heavy atom. The summed E-state index contributed by atoms with van der Waals surface area (Å²) in [5.41, 5.74) is 1.26. The van der Waals surface area contributed by atoms with Crippen LogP contribution in [0.15, 0.2) is 35.7 Å². The Morgan fingerprint density at radius 1 is 1.29 bits per heavy atom. The zero-order valence-electron chi connectivity index (χ0n) is 22.0. The minimum absolute atomic E-state index is 0.0168. The van der Waals surface area contributed by atoms with Gasteiger partial charge in [-0.25, -0.2) is 26.6 Å². The van der Waals surface area contributed by atoms with Crippen molar-refractivity contribution in [2.75, 3.05) is 18.1 Å². The van der Waals surface area contributed by atoms with Gasteiger partial charge in [-0.1, -0.05) is 6.92 Å². The minimum Gasteiger partial charge on any atom is -0.484 e. The Kier molecular flexibility index (Phi) is 7.32. The van der Waals surface area contributed by atoms with Crippen LogP contribution >= 0.6 is 0 Å². The Hall–Kier alpha value is -3.02. The maximum atomic E-state index is 14.1. The van der Waals surface area contributed by atoms with Crippen molar-refractivity contribution in [3.63, 3.8) is 0 Å². The molecule has 2 aromatic heterocycles. The molecule has 1 atom stereocenters. The molecule has 0 spiro atoms. The summed E-state index contributed by atoms with van der Waals surface area (Å²) < 4.78 is 77.7. The van der Waals surface area contributed by atoms with E-state index in [4.69, 9.17) is 9.47 Å². The van der Waals surface area contributed by atoms with E-state index < -0.39 is 45.6 Å². The van der Waals surface area contributed by atoms with Crippen molar-refractivity contribution in [2.24, 2.45) is 5.92 Å². The summed E-state index contributed by atoms with van der Waals surface area (Å²) in [6.45, 7) is 6.87. The van der Waals surface area contributed by atoms with E-state index in [9.17, 15) is 26.4 Å². The second-order valence-corrected chi connectivity index (χ2v) is 13.0. The zero-order chi connectivity index (χ0) is 28.0. The summed E-state index contributed by atoms with van der Waals surface area (Å²) in [5.74, 6) is -3.88. The summed E-state index contributed by atoms with van der Waals surface area (Å²) >= 11 is 0. The number of carbonyl (C=O) groups excluding carboxylic acids is 1. The van der Waals surface area contributed by atoms with Crippen LogP contribution in [0.2, 0.25) is 0 Å². The second-order valence-electron chi connectivity index (χ2n) is 10.6. The number of allylic oxidation sites excluding steroid dienone is 3. The van der Waals surface area contributed by atoms with Crippen LogP contribution in [0.1, 0.15) is 61.8 Å². The molecule has 2 aliphatic rings. The number of rotatable bonds is 7. The number of halogens is 3. The van der Waals surface area contributed by atoms with E-state index in [1.807, 2.05) is 6.92 Å². The number of pyridine rings is 1. The van der Waals surface area contributed by atoms with Gasteiger partial charge in [0.25, 0.3) is 11.8 Å². The molecular weight excluding hydrogens is 523 g/mol. The first kappa shape index (κ1) is 28.0. The van der Waals surface area contributed by atoms with Crippen molar-refractivity contribution in [3.05, 3.63) is 52.6 Å². The first-order valence-electron chi connectivity index (χ1n) is 12.4. The number of ether oxygens (including phenoxy) is 2. The van der Waals surface area contributed by atoms with Gasteiger partial charge in [-0.2, -0.15) is 0 Å². The van der Waals surface area contributed by atoms with Crippen LogP contribution < -0.4 is 10.1 Å². The van der Waals surface area contributed by atoms with Crippen molar-refractivity contribution in [1.82, 2.24) is 14.7 Å². The molecule has 1 aliphatic heterocycles. The van der Waals surface area contributed by atoms with E-state index in [2.05, 4.69) is 10.3 Å². The summed E-state index contributed by atoms with van der Waals surface area (Å²) in [5, 5.41) is 2.93. The van der Waals surface area contributed by atoms with Gasteiger partial charge in [0, 0.05) is 37.1 Å². The average molecular weight is 556 g/mol. The predicted octanol–water partition coefficient (Wildman–Crippen LogP) is 4.80. The third-order valence-electron chi connectivity index (χ3n) is 6.88. The Labute approximate surface area is 219 Å². The van der Waals surface area contributed by atoms with Gasteiger partial charge >= 0.3 is 0 Å². The quantitative estimate of drug-likeness (QED) is 0.527. The number of fused-ring (bicyclic) bond motifs is 1. The number of nitrogens with zero attached hydrogens (tertiary/aromatic N) is 2. The van der Waals surface area contributed by atoms with E-state index in [1.165, 1.54) is 0 Å². The molecule has 1 saturated heterocycles. The minimum atomic E-state index is -3.11. The number of alkyl halides is 2. The summed E-state index contributed by atoms with van der Waals surface area (Å²) in [6.07, 6.45) is 3.31. The lowest BCUT2D eigenvalue weighted by atomic mass is 9.95. The Balaban J connectivity index is 1.63. The molecule has 3 heterocycles. The number of hydrogen-bond acceptors (Lipinski definition) is 6. The van der Waals surface area contributed by atoms with Crippen LogP contribution in [0.3, 0.4) is 0 Å². The summed E-state index contributed by atoms with van der Waals surface area (Å²) in [7, 11) is -3.08. The van der Waals surface area contributed by atoms with E-state index in [1.54, 1.807) is 37.4 Å². The second kappa shape index (κ2) is 9.94. The van der Waals surface area contributed by atoms with Crippen LogP contribution in [-0.4, -0.2) is 53.3 Å². The first-order valence-corrected chi connectivity index (χ1v) is 14.2. The highest BCUT2D eigenvalue weighted by Crippen LogP contribution is 2.36. The first-order chi connectivity index (χ1) is 17.6. The topological polar surface area (TPSA) is 99.0 Å². The van der Waals surface area contributed by atoms with Crippen LogP contribution in [-0.2, 0) is 14.6 Å². The number of carbonyl (C=O) groups is 1. The Morgan fingerprint density at radius 3 is 2.58 bits per heavy atom. The number of hydrogen-bond donors (Lipinski definition) is 1. The molecule has 0 saturated carbocycles. The molecule has 1 aliphatic carbocycles. The van der Waals surface area contributed by atoms with Crippen LogP contribution in [0.5, 0.6) is 5.75 Å². The molecular formula is C26H32F3N3O5S. The molecule has 208 valence electrons. The van der Waals surface area contributed by atoms with Crippen molar-refractivity contribution in [1.29, 1.82) is 0 Å². The van der Waals surface area contributed by atoms with E-state index in [-0.39, 0.29) is 35.1 Å². The highest BCUT2D eigenvalue weighted by Gasteiger charge is 2.35. The van der Waals surface area contributed by atoms with Gasteiger partial charge in [-0.15, -0.1) is 0 Å². The third kappa shape index (κ3) is 6.16. The normalized spacial score (nSPS) is 21.3. The van der Waals surface area contributed by atoms with Gasteiger partial charge < -0.3 is 14.8 Å². The highest BCUT2D eigenvalue weighted by atomic mass is 32.2. The molecule has 0 aromatic carbocycles. The van der Waals surface area contributed by atoms with Gasteiger partial charge in [0.2, 0.25) is 0 Å². The standard InChI is InChI=1S/C26H32F3N3O5S/c1-15-10-18(27)12-20(36-14-26(5,28)29)23(15)37-22-16(2)11-21-30-19(13-32(21)17(22)3)24(33)31-25(4)6-8-38(34,35)9-7-25/h11-13,15H,6-10,14H2,1-5H3,(H,31,33). The van der Waals surface area contributed by atoms with Crippen molar-refractivity contribution in [3.8, 4) is 5.75 Å². The average Bonchev–Trinajstić information content (AvgIpc) is 3.22. The van der Waals surface area contributed by atoms with Gasteiger partial charge in [0.05, 0.1) is 17.2 Å². The third-order valence-corrected chi connectivity index (χ3v) is 8.53. The molecule has 2 aromatic rings. The molecule has 12 heteroatoms. The maximum absolute atomic E-state index is 14.1. The molecule has 4 rings (SSSR count). The molecule has 8 nitrogen and oxygen atoms in total. The summed E-state index contributed by atoms with van der Waals surface area (Å²) in [6, 6.07) is 1.72. The number of sulfone groups is 1. The Bertz CT molecular complexity index is 1430. The number of aromatic nitrogens is 2. The van der Waals surface area contributed by atoms with Crippen molar-refractivity contribution in [2.45, 2.75) is 65.3 Å².